The van der Waals surface area contributed by atoms with Crippen LogP contribution in [0.4, 0.5) is 10.1 Å². The van der Waals surface area contributed by atoms with Crippen LogP contribution in [-0.4, -0.2) is 37.6 Å². The monoisotopic (exact) mass is 518 g/mol. The van der Waals surface area contributed by atoms with Gasteiger partial charge in [-0.25, -0.2) is 4.39 Å². The predicted octanol–water partition coefficient (Wildman–Crippen LogP) is 4.69. The highest BCUT2D eigenvalue weighted by Gasteiger charge is 2.35. The molecule has 0 aliphatic rings. The SMILES string of the molecule is Cc1ccc(N(C(=O)Cn2nnc(-c3ccc(C)o3)n2)C(C(=O)NC(C)(C)C)c2ccc(F)cc2)c(C)c1. The highest BCUT2D eigenvalue weighted by Crippen LogP contribution is 2.32. The Morgan fingerprint density at radius 1 is 1.05 bits per heavy atom. The number of rotatable bonds is 7. The highest BCUT2D eigenvalue weighted by atomic mass is 19.1. The summed E-state index contributed by atoms with van der Waals surface area (Å²) < 4.78 is 19.4. The molecule has 0 aliphatic heterocycles. The fraction of sp³-hybridized carbons (Fsp3) is 0.321. The lowest BCUT2D eigenvalue weighted by Crippen LogP contribution is -2.50. The Balaban J connectivity index is 1.78. The minimum atomic E-state index is -1.08. The van der Waals surface area contributed by atoms with E-state index in [0.29, 0.717) is 22.8 Å². The molecular weight excluding hydrogens is 487 g/mol. The summed E-state index contributed by atoms with van der Waals surface area (Å²) in [6, 6.07) is 13.6. The summed E-state index contributed by atoms with van der Waals surface area (Å²) in [6.45, 7) is 10.9. The zero-order chi connectivity index (χ0) is 27.6. The van der Waals surface area contributed by atoms with Gasteiger partial charge in [0.05, 0.1) is 0 Å². The average Bonchev–Trinajstić information content (AvgIpc) is 3.46. The molecule has 0 aliphatic carbocycles. The van der Waals surface area contributed by atoms with E-state index in [-0.39, 0.29) is 12.4 Å². The smallest absolute Gasteiger partial charge is 0.251 e. The maximum atomic E-state index is 14.0. The van der Waals surface area contributed by atoms with Gasteiger partial charge < -0.3 is 9.73 Å². The van der Waals surface area contributed by atoms with Crippen LogP contribution in [-0.2, 0) is 16.1 Å². The topological polar surface area (TPSA) is 106 Å². The third-order valence-corrected chi connectivity index (χ3v) is 5.76. The van der Waals surface area contributed by atoms with Crippen LogP contribution in [0.2, 0.25) is 0 Å². The lowest BCUT2D eigenvalue weighted by molar-refractivity contribution is -0.128. The summed E-state index contributed by atoms with van der Waals surface area (Å²) in [7, 11) is 0. The van der Waals surface area contributed by atoms with Crippen LogP contribution in [0.5, 0.6) is 0 Å². The molecular formula is C28H31FN6O3. The number of carbonyl (C=O) groups is 2. The van der Waals surface area contributed by atoms with Gasteiger partial charge in [-0.05, 0) is 88.2 Å². The summed E-state index contributed by atoms with van der Waals surface area (Å²) in [5.74, 6) is 0.0671. The fourth-order valence-electron chi connectivity index (χ4n) is 4.15. The quantitative estimate of drug-likeness (QED) is 0.381. The van der Waals surface area contributed by atoms with Gasteiger partial charge in [0.25, 0.3) is 5.91 Å². The van der Waals surface area contributed by atoms with Gasteiger partial charge in [-0.1, -0.05) is 29.8 Å². The van der Waals surface area contributed by atoms with E-state index in [1.165, 1.54) is 29.2 Å². The van der Waals surface area contributed by atoms with Gasteiger partial charge in [-0.2, -0.15) is 4.80 Å². The van der Waals surface area contributed by atoms with Crippen molar-refractivity contribution in [2.75, 3.05) is 4.90 Å². The van der Waals surface area contributed by atoms with E-state index in [9.17, 15) is 14.0 Å². The van der Waals surface area contributed by atoms with Crippen molar-refractivity contribution >= 4 is 17.5 Å². The number of halogens is 1. The first-order valence-electron chi connectivity index (χ1n) is 12.2. The van der Waals surface area contributed by atoms with Gasteiger partial charge in [-0.15, -0.1) is 10.2 Å². The third-order valence-electron chi connectivity index (χ3n) is 5.76. The first-order chi connectivity index (χ1) is 17.9. The van der Waals surface area contributed by atoms with E-state index in [2.05, 4.69) is 20.7 Å². The Morgan fingerprint density at radius 3 is 2.37 bits per heavy atom. The molecule has 1 atom stereocenters. The Morgan fingerprint density at radius 2 is 1.76 bits per heavy atom. The van der Waals surface area contributed by atoms with E-state index in [1.54, 1.807) is 25.1 Å². The summed E-state index contributed by atoms with van der Waals surface area (Å²) in [4.78, 5) is 30.3. The second-order valence-corrected chi connectivity index (χ2v) is 10.3. The number of carbonyl (C=O) groups excluding carboxylic acids is 2. The molecule has 1 N–H and O–H groups in total. The van der Waals surface area contributed by atoms with E-state index in [1.807, 2.05) is 46.8 Å². The summed E-state index contributed by atoms with van der Waals surface area (Å²) in [5.41, 5.74) is 2.23. The second kappa shape index (κ2) is 10.6. The molecule has 0 saturated carbocycles. The van der Waals surface area contributed by atoms with Crippen LogP contribution >= 0.6 is 0 Å². The van der Waals surface area contributed by atoms with Crippen molar-refractivity contribution in [1.82, 2.24) is 25.5 Å². The van der Waals surface area contributed by atoms with Crippen molar-refractivity contribution in [3.05, 3.63) is 82.9 Å². The van der Waals surface area contributed by atoms with Crippen LogP contribution in [0.15, 0.2) is 59.0 Å². The largest absolute Gasteiger partial charge is 0.458 e. The molecule has 4 aromatic rings. The zero-order valence-electron chi connectivity index (χ0n) is 22.3. The number of nitrogens with one attached hydrogen (secondary N) is 1. The molecule has 9 nitrogen and oxygen atoms in total. The average molecular weight is 519 g/mol. The van der Waals surface area contributed by atoms with Gasteiger partial charge in [0.2, 0.25) is 11.7 Å². The van der Waals surface area contributed by atoms with Crippen molar-refractivity contribution in [2.24, 2.45) is 0 Å². The highest BCUT2D eigenvalue weighted by molar-refractivity contribution is 6.01. The number of aryl methyl sites for hydroxylation is 3. The molecule has 2 heterocycles. The Labute approximate surface area is 220 Å². The standard InChI is InChI=1S/C28H31FN6O3/c1-17-7-13-22(18(2)15-17)35(24(36)16-34-32-26(31-33-34)23-14-8-19(3)38-23)25(27(37)30-28(4,5)6)20-9-11-21(29)12-10-20/h7-15,25H,16H2,1-6H3,(H,30,37). The molecule has 0 radical (unpaired) electrons. The van der Waals surface area contributed by atoms with Gasteiger partial charge in [0.15, 0.2) is 5.76 Å². The third kappa shape index (κ3) is 6.13. The van der Waals surface area contributed by atoms with Crippen molar-refractivity contribution in [2.45, 2.75) is 59.7 Å². The molecule has 10 heteroatoms. The molecule has 0 bridgehead atoms. The van der Waals surface area contributed by atoms with Crippen molar-refractivity contribution in [3.63, 3.8) is 0 Å². The maximum absolute atomic E-state index is 14.0. The zero-order valence-corrected chi connectivity index (χ0v) is 22.3. The van der Waals surface area contributed by atoms with E-state index in [4.69, 9.17) is 4.42 Å². The van der Waals surface area contributed by atoms with Crippen molar-refractivity contribution < 1.29 is 18.4 Å². The maximum Gasteiger partial charge on any atom is 0.251 e. The lowest BCUT2D eigenvalue weighted by atomic mass is 9.99. The number of aromatic nitrogens is 4. The predicted molar refractivity (Wildman–Crippen MR) is 141 cm³/mol. The molecule has 38 heavy (non-hydrogen) atoms. The van der Waals surface area contributed by atoms with E-state index < -0.39 is 29.2 Å². The molecule has 2 aromatic heterocycles. The van der Waals surface area contributed by atoms with Crippen LogP contribution in [0.25, 0.3) is 11.6 Å². The van der Waals surface area contributed by atoms with Crippen LogP contribution in [0.3, 0.4) is 0 Å². The number of furan rings is 1. The van der Waals surface area contributed by atoms with Crippen molar-refractivity contribution in [1.29, 1.82) is 0 Å². The van der Waals surface area contributed by atoms with Gasteiger partial charge in [-0.3, -0.25) is 14.5 Å². The lowest BCUT2D eigenvalue weighted by Gasteiger charge is -2.34. The molecule has 0 fully saturated rings. The van der Waals surface area contributed by atoms with Gasteiger partial charge in [0.1, 0.15) is 24.2 Å². The molecule has 2 aromatic carbocycles. The number of anilines is 1. The Kier molecular flexibility index (Phi) is 7.43. The number of hydrogen-bond donors (Lipinski definition) is 1. The van der Waals surface area contributed by atoms with E-state index >= 15 is 0 Å². The fourth-order valence-corrected chi connectivity index (χ4v) is 4.15. The minimum Gasteiger partial charge on any atom is -0.458 e. The Hall–Kier alpha value is -4.34. The molecule has 198 valence electrons. The summed E-state index contributed by atoms with van der Waals surface area (Å²) in [6.07, 6.45) is 0. The Bertz CT molecular complexity index is 1450. The number of hydrogen-bond acceptors (Lipinski definition) is 6. The van der Waals surface area contributed by atoms with Gasteiger partial charge >= 0.3 is 0 Å². The minimum absolute atomic E-state index is 0.240. The van der Waals surface area contributed by atoms with Crippen LogP contribution in [0.1, 0.15) is 49.3 Å². The number of tetrazole rings is 1. The molecule has 4 rings (SSSR count). The summed E-state index contributed by atoms with van der Waals surface area (Å²) in [5, 5.41) is 15.3. The van der Waals surface area contributed by atoms with E-state index in [0.717, 1.165) is 15.9 Å². The number of nitrogens with zero attached hydrogens (tertiary/aromatic N) is 5. The normalized spacial score (nSPS) is 12.3. The van der Waals surface area contributed by atoms with Gasteiger partial charge in [0, 0.05) is 11.2 Å². The molecule has 2 amide bonds. The van der Waals surface area contributed by atoms with Crippen LogP contribution < -0.4 is 10.2 Å². The molecule has 0 spiro atoms. The summed E-state index contributed by atoms with van der Waals surface area (Å²) >= 11 is 0. The van der Waals surface area contributed by atoms with Crippen molar-refractivity contribution in [3.8, 4) is 11.6 Å². The first-order valence-corrected chi connectivity index (χ1v) is 12.2. The number of benzene rings is 2. The number of amides is 2. The first kappa shape index (κ1) is 26.7. The molecule has 0 saturated heterocycles. The van der Waals surface area contributed by atoms with Crippen LogP contribution in [0, 0.1) is 26.6 Å². The second-order valence-electron chi connectivity index (χ2n) is 10.3. The molecule has 1 unspecified atom stereocenters.